The number of carbonyl (C=O) groups is 1. The van der Waals surface area contributed by atoms with Crippen LogP contribution in [-0.2, 0) is 29.6 Å². The van der Waals surface area contributed by atoms with Gasteiger partial charge in [-0.25, -0.2) is 21.6 Å². The summed E-state index contributed by atoms with van der Waals surface area (Å²) < 4.78 is 57.3. The maximum atomic E-state index is 12.7. The van der Waals surface area contributed by atoms with Crippen LogP contribution in [0.25, 0.3) is 0 Å². The quantitative estimate of drug-likeness (QED) is 0.572. The van der Waals surface area contributed by atoms with Gasteiger partial charge in [-0.15, -0.1) is 0 Å². The molecule has 2 aliphatic rings. The zero-order valence-electron chi connectivity index (χ0n) is 17.8. The molecule has 1 atom stereocenters. The predicted octanol–water partition coefficient (Wildman–Crippen LogP) is 0.0481. The van der Waals surface area contributed by atoms with Crippen LogP contribution in [0.4, 0.5) is 5.69 Å². The highest BCUT2D eigenvalue weighted by molar-refractivity contribution is 7.89. The number of amides is 1. The summed E-state index contributed by atoms with van der Waals surface area (Å²) in [6.07, 6.45) is 2.42. The van der Waals surface area contributed by atoms with E-state index in [2.05, 4.69) is 10.0 Å². The Labute approximate surface area is 184 Å². The van der Waals surface area contributed by atoms with Crippen LogP contribution in [-0.4, -0.2) is 89.7 Å². The van der Waals surface area contributed by atoms with Gasteiger partial charge in [-0.2, -0.15) is 4.31 Å². The van der Waals surface area contributed by atoms with E-state index < -0.39 is 26.1 Å². The number of likely N-dealkylation sites (tertiary alicyclic amines) is 1. The van der Waals surface area contributed by atoms with E-state index in [9.17, 15) is 21.6 Å². The molecule has 0 aliphatic carbocycles. The van der Waals surface area contributed by atoms with Gasteiger partial charge in [0.15, 0.2) is 0 Å². The summed E-state index contributed by atoms with van der Waals surface area (Å²) in [4.78, 5) is 14.8. The van der Waals surface area contributed by atoms with Crippen molar-refractivity contribution in [2.45, 2.75) is 36.7 Å². The van der Waals surface area contributed by atoms with Gasteiger partial charge in [0.25, 0.3) is 0 Å². The Morgan fingerprint density at radius 3 is 2.16 bits per heavy atom. The molecule has 2 heterocycles. The van der Waals surface area contributed by atoms with Gasteiger partial charge in [0.1, 0.15) is 0 Å². The second-order valence-corrected chi connectivity index (χ2v) is 11.6. The number of carbonyl (C=O) groups excluding carboxylic acids is 1. The summed E-state index contributed by atoms with van der Waals surface area (Å²) in [6.45, 7) is 4.44. The Kier molecular flexibility index (Phi) is 7.71. The number of nitrogens with zero attached hydrogens (tertiary/aromatic N) is 2. The lowest BCUT2D eigenvalue weighted by Gasteiger charge is -2.35. The number of rotatable bonds is 7. The Morgan fingerprint density at radius 1 is 1.03 bits per heavy atom. The Morgan fingerprint density at radius 2 is 1.61 bits per heavy atom. The molecule has 0 unspecified atom stereocenters. The maximum Gasteiger partial charge on any atom is 0.243 e. The first-order valence-corrected chi connectivity index (χ1v) is 13.6. The SMILES string of the molecule is C[C@@H](C(=O)Nc1ccc(S(=O)(=O)N2CCOCC2)cc1)N1CCC(NS(C)(=O)=O)CC1. The zero-order valence-corrected chi connectivity index (χ0v) is 19.4. The number of sulfonamides is 2. The van der Waals surface area contributed by atoms with Gasteiger partial charge in [0.05, 0.1) is 30.4 Å². The molecule has 2 N–H and O–H groups in total. The highest BCUT2D eigenvalue weighted by Gasteiger charge is 2.28. The summed E-state index contributed by atoms with van der Waals surface area (Å²) in [6, 6.07) is 5.65. The van der Waals surface area contributed by atoms with Crippen molar-refractivity contribution < 1.29 is 26.4 Å². The molecule has 1 amide bonds. The fraction of sp³-hybridized carbons (Fsp3) is 0.632. The van der Waals surface area contributed by atoms with E-state index in [-0.39, 0.29) is 16.8 Å². The molecule has 2 fully saturated rings. The van der Waals surface area contributed by atoms with Crippen molar-refractivity contribution >= 4 is 31.6 Å². The third kappa shape index (κ3) is 6.46. The van der Waals surface area contributed by atoms with Gasteiger partial charge in [0.2, 0.25) is 26.0 Å². The molecule has 0 aromatic heterocycles. The average Bonchev–Trinajstić information content (AvgIpc) is 2.73. The Bertz CT molecular complexity index is 967. The molecule has 0 bridgehead atoms. The largest absolute Gasteiger partial charge is 0.379 e. The molecule has 0 radical (unpaired) electrons. The number of ether oxygens (including phenoxy) is 1. The fourth-order valence-electron chi connectivity index (χ4n) is 3.77. The summed E-state index contributed by atoms with van der Waals surface area (Å²) in [7, 11) is -6.82. The number of benzene rings is 1. The highest BCUT2D eigenvalue weighted by Crippen LogP contribution is 2.20. The standard InChI is InChI=1S/C19H30N4O6S2/c1-15(22-9-7-17(8-10-22)21-30(2,25)26)19(24)20-16-3-5-18(6-4-16)31(27,28)23-11-13-29-14-12-23/h3-6,15,17,21H,7-14H2,1-2H3,(H,20,24)/t15-/m0/s1. The zero-order chi connectivity index (χ0) is 22.6. The van der Waals surface area contributed by atoms with E-state index in [1.165, 1.54) is 16.4 Å². The Hall–Kier alpha value is -1.57. The minimum Gasteiger partial charge on any atom is -0.379 e. The normalized spacial score (nSPS) is 21.0. The van der Waals surface area contributed by atoms with E-state index in [1.807, 2.05) is 4.90 Å². The highest BCUT2D eigenvalue weighted by atomic mass is 32.2. The number of hydrogen-bond donors (Lipinski definition) is 2. The molecule has 1 aromatic rings. The third-order valence-corrected chi connectivity index (χ3v) is 8.24. The number of anilines is 1. The first kappa shape index (κ1) is 24.1. The lowest BCUT2D eigenvalue weighted by molar-refractivity contribution is -0.121. The first-order chi connectivity index (χ1) is 14.6. The van der Waals surface area contributed by atoms with Crippen molar-refractivity contribution in [3.05, 3.63) is 24.3 Å². The van der Waals surface area contributed by atoms with Crippen LogP contribution in [0.15, 0.2) is 29.2 Å². The lowest BCUT2D eigenvalue weighted by atomic mass is 10.0. The van der Waals surface area contributed by atoms with Crippen molar-refractivity contribution in [3.8, 4) is 0 Å². The molecule has 3 rings (SSSR count). The van der Waals surface area contributed by atoms with E-state index in [0.717, 1.165) is 6.26 Å². The van der Waals surface area contributed by atoms with E-state index in [4.69, 9.17) is 4.74 Å². The van der Waals surface area contributed by atoms with Crippen molar-refractivity contribution in [2.24, 2.45) is 0 Å². The third-order valence-electron chi connectivity index (χ3n) is 5.57. The molecular formula is C19H30N4O6S2. The second kappa shape index (κ2) is 9.92. The van der Waals surface area contributed by atoms with Gasteiger partial charge < -0.3 is 10.1 Å². The van der Waals surface area contributed by atoms with Crippen molar-refractivity contribution in [2.75, 3.05) is 51.0 Å². The summed E-state index contributed by atoms with van der Waals surface area (Å²) >= 11 is 0. The molecule has 1 aromatic carbocycles. The van der Waals surface area contributed by atoms with E-state index >= 15 is 0 Å². The van der Waals surface area contributed by atoms with Crippen LogP contribution in [0.1, 0.15) is 19.8 Å². The molecule has 31 heavy (non-hydrogen) atoms. The molecule has 0 spiro atoms. The van der Waals surface area contributed by atoms with Gasteiger partial charge in [-0.05, 0) is 44.0 Å². The van der Waals surface area contributed by atoms with Crippen molar-refractivity contribution in [1.82, 2.24) is 13.9 Å². The Balaban J connectivity index is 1.54. The number of nitrogens with one attached hydrogen (secondary N) is 2. The van der Waals surface area contributed by atoms with Gasteiger partial charge in [-0.3, -0.25) is 9.69 Å². The van der Waals surface area contributed by atoms with E-state index in [1.54, 1.807) is 19.1 Å². The summed E-state index contributed by atoms with van der Waals surface area (Å²) in [5.41, 5.74) is 0.520. The predicted molar refractivity (Wildman–Crippen MR) is 117 cm³/mol. The van der Waals surface area contributed by atoms with Crippen LogP contribution in [0.2, 0.25) is 0 Å². The minimum absolute atomic E-state index is 0.109. The van der Waals surface area contributed by atoms with Crippen LogP contribution in [0.3, 0.4) is 0 Å². The topological polar surface area (TPSA) is 125 Å². The molecular weight excluding hydrogens is 444 g/mol. The fourth-order valence-corrected chi connectivity index (χ4v) is 6.02. The van der Waals surface area contributed by atoms with Gasteiger partial charge in [-0.1, -0.05) is 0 Å². The lowest BCUT2D eigenvalue weighted by Crippen LogP contribution is -2.50. The van der Waals surface area contributed by atoms with Crippen LogP contribution in [0, 0.1) is 0 Å². The summed E-state index contributed by atoms with van der Waals surface area (Å²) in [5.74, 6) is -0.196. The first-order valence-electron chi connectivity index (χ1n) is 10.3. The number of piperidine rings is 1. The average molecular weight is 475 g/mol. The van der Waals surface area contributed by atoms with Gasteiger partial charge in [0, 0.05) is 37.9 Å². The minimum atomic E-state index is -3.58. The number of hydrogen-bond acceptors (Lipinski definition) is 7. The molecule has 10 nitrogen and oxygen atoms in total. The molecule has 12 heteroatoms. The molecule has 2 saturated heterocycles. The molecule has 0 saturated carbocycles. The second-order valence-electron chi connectivity index (χ2n) is 7.91. The maximum absolute atomic E-state index is 12.7. The van der Waals surface area contributed by atoms with Crippen molar-refractivity contribution in [3.63, 3.8) is 0 Å². The monoisotopic (exact) mass is 474 g/mol. The van der Waals surface area contributed by atoms with Crippen LogP contribution in [0.5, 0.6) is 0 Å². The van der Waals surface area contributed by atoms with Crippen LogP contribution < -0.4 is 10.0 Å². The summed E-state index contributed by atoms with van der Waals surface area (Å²) in [5, 5.41) is 2.83. The molecule has 174 valence electrons. The number of morpholine rings is 1. The van der Waals surface area contributed by atoms with Crippen molar-refractivity contribution in [1.29, 1.82) is 0 Å². The smallest absolute Gasteiger partial charge is 0.243 e. The van der Waals surface area contributed by atoms with Gasteiger partial charge >= 0.3 is 0 Å². The van der Waals surface area contributed by atoms with Crippen LogP contribution >= 0.6 is 0 Å². The molecule has 2 aliphatic heterocycles. The van der Waals surface area contributed by atoms with E-state index in [0.29, 0.717) is 57.9 Å².